The van der Waals surface area contributed by atoms with Gasteiger partial charge >= 0.3 is 5.63 Å². The highest BCUT2D eigenvalue weighted by molar-refractivity contribution is 6.03. The molecule has 0 bridgehead atoms. The maximum absolute atomic E-state index is 12.1. The van der Waals surface area contributed by atoms with Gasteiger partial charge in [-0.25, -0.2) is 4.79 Å². The third-order valence-corrected chi connectivity index (χ3v) is 3.59. The van der Waals surface area contributed by atoms with E-state index in [0.717, 1.165) is 11.1 Å². The summed E-state index contributed by atoms with van der Waals surface area (Å²) in [5.41, 5.74) is 4.40. The highest BCUT2D eigenvalue weighted by atomic mass is 16.4. The van der Waals surface area contributed by atoms with E-state index >= 15 is 0 Å². The Labute approximate surface area is 119 Å². The number of hydrogen-bond donors (Lipinski definition) is 1. The van der Waals surface area contributed by atoms with Gasteiger partial charge in [0.1, 0.15) is 17.4 Å². The van der Waals surface area contributed by atoms with E-state index in [-0.39, 0.29) is 11.7 Å². The molecule has 0 aliphatic carbocycles. The average Bonchev–Trinajstić information content (AvgIpc) is 3.17. The first-order valence-electron chi connectivity index (χ1n) is 6.70. The molecular formula is C16H12N2O3. The summed E-state index contributed by atoms with van der Waals surface area (Å²) in [7, 11) is 0. The molecule has 21 heavy (non-hydrogen) atoms. The predicted octanol–water partition coefficient (Wildman–Crippen LogP) is 2.82. The van der Waals surface area contributed by atoms with Crippen LogP contribution in [0.1, 0.15) is 23.8 Å². The molecule has 1 unspecified atom stereocenters. The van der Waals surface area contributed by atoms with Crippen LogP contribution < -0.4 is 11.1 Å². The number of nitrogens with zero attached hydrogens (tertiary/aromatic N) is 1. The zero-order valence-electron chi connectivity index (χ0n) is 11.1. The first-order chi connectivity index (χ1) is 10.3. The Kier molecular flexibility index (Phi) is 2.64. The Morgan fingerprint density at radius 1 is 1.19 bits per heavy atom. The number of rotatable bonds is 2. The van der Waals surface area contributed by atoms with Gasteiger partial charge < -0.3 is 8.83 Å². The molecule has 5 heteroatoms. The molecular weight excluding hydrogens is 268 g/mol. The number of hydrazone groups is 1. The summed E-state index contributed by atoms with van der Waals surface area (Å²) in [5, 5.41) is 5.14. The van der Waals surface area contributed by atoms with Gasteiger partial charge in [0.05, 0.1) is 17.5 Å². The number of hydrogen-bond acceptors (Lipinski definition) is 5. The Balaban J connectivity index is 1.71. The van der Waals surface area contributed by atoms with E-state index in [9.17, 15) is 4.79 Å². The van der Waals surface area contributed by atoms with Crippen molar-refractivity contribution in [2.45, 2.75) is 12.5 Å². The fourth-order valence-corrected chi connectivity index (χ4v) is 2.53. The quantitative estimate of drug-likeness (QED) is 0.733. The van der Waals surface area contributed by atoms with Crippen molar-refractivity contribution < 1.29 is 8.83 Å². The van der Waals surface area contributed by atoms with Crippen LogP contribution in [0.2, 0.25) is 0 Å². The van der Waals surface area contributed by atoms with Gasteiger partial charge in [0, 0.05) is 11.8 Å². The van der Waals surface area contributed by atoms with Crippen LogP contribution in [0.5, 0.6) is 0 Å². The van der Waals surface area contributed by atoms with Crippen molar-refractivity contribution in [2.24, 2.45) is 5.10 Å². The van der Waals surface area contributed by atoms with Gasteiger partial charge in [-0.15, -0.1) is 0 Å². The summed E-state index contributed by atoms with van der Waals surface area (Å²) in [6.45, 7) is 0. The molecule has 1 N–H and O–H groups in total. The molecule has 0 fully saturated rings. The second-order valence-corrected chi connectivity index (χ2v) is 4.95. The molecule has 2 aromatic heterocycles. The van der Waals surface area contributed by atoms with E-state index in [2.05, 4.69) is 10.5 Å². The number of furan rings is 1. The van der Waals surface area contributed by atoms with Crippen molar-refractivity contribution in [3.63, 3.8) is 0 Å². The molecule has 1 aromatic carbocycles. The van der Waals surface area contributed by atoms with Crippen molar-refractivity contribution in [3.8, 4) is 0 Å². The van der Waals surface area contributed by atoms with Crippen molar-refractivity contribution in [1.29, 1.82) is 0 Å². The maximum Gasteiger partial charge on any atom is 0.345 e. The lowest BCUT2D eigenvalue weighted by atomic mass is 10.0. The summed E-state index contributed by atoms with van der Waals surface area (Å²) in [4.78, 5) is 12.1. The predicted molar refractivity (Wildman–Crippen MR) is 78.2 cm³/mol. The lowest BCUT2D eigenvalue weighted by Gasteiger charge is -2.05. The monoisotopic (exact) mass is 280 g/mol. The molecule has 1 aliphatic heterocycles. The molecule has 0 radical (unpaired) electrons. The second kappa shape index (κ2) is 4.63. The standard InChI is InChI=1S/C16H12N2O3/c19-16-11(8-10-4-1-2-5-14(10)21-16)12-9-13(18-17-12)15-6-3-7-20-15/h1-8,13,18H,9H2. The zero-order chi connectivity index (χ0) is 14.2. The Hall–Kier alpha value is -2.82. The van der Waals surface area contributed by atoms with Crippen molar-refractivity contribution >= 4 is 16.7 Å². The first kappa shape index (κ1) is 12.0. The van der Waals surface area contributed by atoms with Crippen LogP contribution in [0.25, 0.3) is 11.0 Å². The van der Waals surface area contributed by atoms with Crippen LogP contribution in [0.4, 0.5) is 0 Å². The lowest BCUT2D eigenvalue weighted by molar-refractivity contribution is 0.440. The number of benzene rings is 1. The summed E-state index contributed by atoms with van der Waals surface area (Å²) >= 11 is 0. The molecule has 0 spiro atoms. The van der Waals surface area contributed by atoms with Gasteiger partial charge in [-0.05, 0) is 24.3 Å². The topological polar surface area (TPSA) is 67.7 Å². The number of fused-ring (bicyclic) bond motifs is 1. The van der Waals surface area contributed by atoms with Gasteiger partial charge in [0.15, 0.2) is 0 Å². The SMILES string of the molecule is O=c1oc2ccccc2cc1C1=NNC(c2ccco2)C1. The van der Waals surface area contributed by atoms with Crippen molar-refractivity contribution in [3.05, 3.63) is 70.5 Å². The van der Waals surface area contributed by atoms with Crippen LogP contribution in [-0.2, 0) is 0 Å². The molecule has 0 saturated heterocycles. The normalized spacial score (nSPS) is 17.7. The van der Waals surface area contributed by atoms with Gasteiger partial charge in [0.2, 0.25) is 0 Å². The van der Waals surface area contributed by atoms with E-state index in [1.807, 2.05) is 36.4 Å². The van der Waals surface area contributed by atoms with E-state index < -0.39 is 0 Å². The molecule has 4 rings (SSSR count). The molecule has 5 nitrogen and oxygen atoms in total. The third-order valence-electron chi connectivity index (χ3n) is 3.59. The fraction of sp³-hybridized carbons (Fsp3) is 0.125. The minimum absolute atomic E-state index is 0.0409. The second-order valence-electron chi connectivity index (χ2n) is 4.95. The molecule has 1 aliphatic rings. The number of para-hydroxylation sites is 1. The van der Waals surface area contributed by atoms with Crippen LogP contribution >= 0.6 is 0 Å². The van der Waals surface area contributed by atoms with Gasteiger partial charge in [-0.2, -0.15) is 5.10 Å². The Bertz CT molecular complexity index is 878. The minimum atomic E-state index is -0.366. The summed E-state index contributed by atoms with van der Waals surface area (Å²) in [5.74, 6) is 0.805. The minimum Gasteiger partial charge on any atom is -0.467 e. The van der Waals surface area contributed by atoms with Gasteiger partial charge in [-0.1, -0.05) is 18.2 Å². The maximum atomic E-state index is 12.1. The third kappa shape index (κ3) is 2.03. The summed E-state index contributed by atoms with van der Waals surface area (Å²) in [6.07, 6.45) is 2.22. The van der Waals surface area contributed by atoms with Crippen LogP contribution in [0.15, 0.2) is 67.5 Å². The highest BCUT2D eigenvalue weighted by Gasteiger charge is 2.25. The highest BCUT2D eigenvalue weighted by Crippen LogP contribution is 2.24. The van der Waals surface area contributed by atoms with Crippen LogP contribution in [0, 0.1) is 0 Å². The molecule has 3 heterocycles. The fourth-order valence-electron chi connectivity index (χ4n) is 2.53. The average molecular weight is 280 g/mol. The smallest absolute Gasteiger partial charge is 0.345 e. The zero-order valence-corrected chi connectivity index (χ0v) is 11.1. The van der Waals surface area contributed by atoms with E-state index in [1.54, 1.807) is 12.3 Å². The molecule has 0 saturated carbocycles. The lowest BCUT2D eigenvalue weighted by Crippen LogP contribution is -2.14. The van der Waals surface area contributed by atoms with E-state index in [1.165, 1.54) is 0 Å². The molecule has 0 amide bonds. The van der Waals surface area contributed by atoms with Gasteiger partial charge in [0.25, 0.3) is 0 Å². The summed E-state index contributed by atoms with van der Waals surface area (Å²) in [6, 6.07) is 12.9. The van der Waals surface area contributed by atoms with E-state index in [0.29, 0.717) is 23.3 Å². The Morgan fingerprint density at radius 2 is 2.10 bits per heavy atom. The largest absolute Gasteiger partial charge is 0.467 e. The first-order valence-corrected chi connectivity index (χ1v) is 6.70. The Morgan fingerprint density at radius 3 is 2.95 bits per heavy atom. The number of nitrogens with one attached hydrogen (secondary N) is 1. The summed E-state index contributed by atoms with van der Waals surface area (Å²) < 4.78 is 10.7. The molecule has 1 atom stereocenters. The van der Waals surface area contributed by atoms with E-state index in [4.69, 9.17) is 8.83 Å². The van der Waals surface area contributed by atoms with Gasteiger partial charge in [-0.3, -0.25) is 5.43 Å². The van der Waals surface area contributed by atoms with Crippen LogP contribution in [0.3, 0.4) is 0 Å². The molecule has 104 valence electrons. The van der Waals surface area contributed by atoms with Crippen LogP contribution in [-0.4, -0.2) is 5.71 Å². The van der Waals surface area contributed by atoms with Crippen molar-refractivity contribution in [2.75, 3.05) is 0 Å². The molecule has 3 aromatic rings. The van der Waals surface area contributed by atoms with Crippen molar-refractivity contribution in [1.82, 2.24) is 5.43 Å².